The fourth-order valence-electron chi connectivity index (χ4n) is 4.51. The van der Waals surface area contributed by atoms with Crippen molar-refractivity contribution in [1.29, 1.82) is 0 Å². The first-order valence-corrected chi connectivity index (χ1v) is 8.56. The first kappa shape index (κ1) is 15.1. The Morgan fingerprint density at radius 1 is 0.792 bits per heavy atom. The van der Waals surface area contributed by atoms with Crippen molar-refractivity contribution < 1.29 is 4.79 Å². The molecule has 0 N–H and O–H groups in total. The van der Waals surface area contributed by atoms with Crippen LogP contribution in [0.4, 0.5) is 0 Å². The molecule has 0 aromatic heterocycles. The van der Waals surface area contributed by atoms with Crippen LogP contribution in [-0.2, 0) is 4.79 Å². The smallest absolute Gasteiger partial charge is 0.153 e. The lowest BCUT2D eigenvalue weighted by Gasteiger charge is -2.51. The van der Waals surface area contributed by atoms with Crippen LogP contribution < -0.4 is 0 Å². The minimum atomic E-state index is -0.565. The number of benzene rings is 2. The summed E-state index contributed by atoms with van der Waals surface area (Å²) in [5.74, 6) is 0.436. The van der Waals surface area contributed by atoms with Gasteiger partial charge in [0.25, 0.3) is 0 Å². The summed E-state index contributed by atoms with van der Waals surface area (Å²) in [6.07, 6.45) is 4.37. The second kappa shape index (κ2) is 5.04. The van der Waals surface area contributed by atoms with Gasteiger partial charge in [0.1, 0.15) is 0 Å². The second-order valence-electron chi connectivity index (χ2n) is 7.61. The van der Waals surface area contributed by atoms with Gasteiger partial charge in [0.2, 0.25) is 0 Å². The molecule has 0 heterocycles. The quantitative estimate of drug-likeness (QED) is 0.678. The lowest BCUT2D eigenvalue weighted by Crippen LogP contribution is -2.50. The van der Waals surface area contributed by atoms with E-state index >= 15 is 0 Å². The van der Waals surface area contributed by atoms with Gasteiger partial charge in [0.05, 0.1) is 5.41 Å². The number of hydrogen-bond donors (Lipinski definition) is 0. The minimum Gasteiger partial charge on any atom is -0.298 e. The number of carbonyl (C=O) groups excluding carboxylic acids is 1. The van der Waals surface area contributed by atoms with E-state index in [1.54, 1.807) is 0 Å². The van der Waals surface area contributed by atoms with E-state index in [1.807, 2.05) is 12.1 Å². The van der Waals surface area contributed by atoms with E-state index in [9.17, 15) is 4.79 Å². The van der Waals surface area contributed by atoms with Crippen LogP contribution >= 0.6 is 0 Å². The summed E-state index contributed by atoms with van der Waals surface area (Å²) in [7, 11) is 0. The zero-order valence-corrected chi connectivity index (χ0v) is 14.4. The topological polar surface area (TPSA) is 17.1 Å². The third kappa shape index (κ3) is 1.91. The fourth-order valence-corrected chi connectivity index (χ4v) is 4.51. The molecule has 0 saturated heterocycles. The summed E-state index contributed by atoms with van der Waals surface area (Å²) in [6.45, 7) is 6.26. The molecule has 2 aromatic carbocycles. The van der Waals surface area contributed by atoms with E-state index in [0.29, 0.717) is 5.78 Å². The molecule has 0 radical (unpaired) electrons. The van der Waals surface area contributed by atoms with Crippen LogP contribution in [0.25, 0.3) is 11.1 Å². The Labute approximate surface area is 143 Å². The zero-order chi connectivity index (χ0) is 16.9. The Morgan fingerprint density at radius 3 is 1.92 bits per heavy atom. The highest BCUT2D eigenvalue weighted by atomic mass is 16.1. The first-order chi connectivity index (χ1) is 11.5. The highest BCUT2D eigenvalue weighted by molar-refractivity contribution is 6.15. The number of Topliss-reactive ketones (excluding diaryl/α,β-unsaturated/α-hetero) is 1. The molecule has 2 bridgehead atoms. The summed E-state index contributed by atoms with van der Waals surface area (Å²) in [5, 5.41) is 0. The normalized spacial score (nSPS) is 27.6. The van der Waals surface area contributed by atoms with Gasteiger partial charge in [-0.1, -0.05) is 86.7 Å². The zero-order valence-electron chi connectivity index (χ0n) is 14.4. The predicted octanol–water partition coefficient (Wildman–Crippen LogP) is 5.40. The van der Waals surface area contributed by atoms with Crippen LogP contribution in [0.2, 0.25) is 0 Å². The van der Waals surface area contributed by atoms with Crippen LogP contribution in [0.1, 0.15) is 31.9 Å². The minimum absolute atomic E-state index is 0.115. The Balaban J connectivity index is 2.08. The second-order valence-corrected chi connectivity index (χ2v) is 7.61. The van der Waals surface area contributed by atoms with Gasteiger partial charge in [-0.05, 0) is 29.2 Å². The Hall–Kier alpha value is -2.41. The number of allylic oxidation sites excluding steroid dienone is 4. The summed E-state index contributed by atoms with van der Waals surface area (Å²) in [6, 6.07) is 20.9. The average Bonchev–Trinajstić information content (AvgIpc) is 2.60. The van der Waals surface area contributed by atoms with Crippen LogP contribution in [0.3, 0.4) is 0 Å². The van der Waals surface area contributed by atoms with Crippen LogP contribution in [-0.4, -0.2) is 5.78 Å². The van der Waals surface area contributed by atoms with Gasteiger partial charge in [-0.3, -0.25) is 4.79 Å². The highest BCUT2D eigenvalue weighted by Gasteiger charge is 2.56. The van der Waals surface area contributed by atoms with Crippen LogP contribution in [0.15, 0.2) is 72.8 Å². The van der Waals surface area contributed by atoms with Gasteiger partial charge in [-0.25, -0.2) is 0 Å². The molecule has 120 valence electrons. The molecule has 0 fully saturated rings. The Bertz CT molecular complexity index is 855. The largest absolute Gasteiger partial charge is 0.298 e. The maximum absolute atomic E-state index is 13.3. The number of ketones is 1. The maximum atomic E-state index is 13.3. The van der Waals surface area contributed by atoms with E-state index in [0.717, 1.165) is 5.56 Å². The van der Waals surface area contributed by atoms with Crippen molar-refractivity contribution in [2.45, 2.75) is 20.8 Å². The summed E-state index contributed by atoms with van der Waals surface area (Å²) >= 11 is 0. The maximum Gasteiger partial charge on any atom is 0.153 e. The third-order valence-electron chi connectivity index (χ3n) is 5.70. The molecule has 24 heavy (non-hydrogen) atoms. The highest BCUT2D eigenvalue weighted by Crippen LogP contribution is 2.60. The lowest BCUT2D eigenvalue weighted by atomic mass is 9.50. The third-order valence-corrected chi connectivity index (χ3v) is 5.70. The molecule has 2 aromatic rings. The molecule has 3 aliphatic rings. The van der Waals surface area contributed by atoms with Gasteiger partial charge < -0.3 is 0 Å². The van der Waals surface area contributed by atoms with E-state index in [4.69, 9.17) is 0 Å². The molecular formula is C23H22O. The van der Waals surface area contributed by atoms with Gasteiger partial charge in [-0.2, -0.15) is 0 Å². The summed E-state index contributed by atoms with van der Waals surface area (Å²) in [5.41, 5.74) is 3.90. The SMILES string of the molecule is CC1(C)C(=O)[C@@]2(C)C=C[C@@H]1C(c1ccccc1)=C2c1ccccc1. The summed E-state index contributed by atoms with van der Waals surface area (Å²) in [4.78, 5) is 13.3. The molecule has 1 heteroatoms. The van der Waals surface area contributed by atoms with Crippen molar-refractivity contribution in [3.63, 3.8) is 0 Å². The molecule has 5 rings (SSSR count). The van der Waals surface area contributed by atoms with E-state index in [1.165, 1.54) is 16.7 Å². The van der Waals surface area contributed by atoms with Crippen molar-refractivity contribution in [3.8, 4) is 0 Å². The molecule has 0 spiro atoms. The molecular weight excluding hydrogens is 292 g/mol. The number of rotatable bonds is 2. The number of carbonyl (C=O) groups is 1. The molecule has 0 amide bonds. The molecule has 0 aliphatic heterocycles. The summed E-state index contributed by atoms with van der Waals surface area (Å²) < 4.78 is 0. The Kier molecular flexibility index (Phi) is 3.18. The van der Waals surface area contributed by atoms with E-state index in [2.05, 4.69) is 81.5 Å². The van der Waals surface area contributed by atoms with E-state index in [-0.39, 0.29) is 11.3 Å². The molecule has 0 unspecified atom stereocenters. The predicted molar refractivity (Wildman–Crippen MR) is 99.2 cm³/mol. The van der Waals surface area contributed by atoms with Crippen molar-refractivity contribution in [2.75, 3.05) is 0 Å². The molecule has 2 atom stereocenters. The monoisotopic (exact) mass is 314 g/mol. The van der Waals surface area contributed by atoms with Crippen molar-refractivity contribution >= 4 is 16.9 Å². The van der Waals surface area contributed by atoms with Gasteiger partial charge in [0.15, 0.2) is 5.78 Å². The molecule has 0 saturated carbocycles. The van der Waals surface area contributed by atoms with Gasteiger partial charge in [0, 0.05) is 11.3 Å². The number of fused-ring (bicyclic) bond motifs is 1. The standard InChI is InChI=1S/C23H22O/c1-22(2)18-14-15-23(3,21(22)24)20(17-12-8-5-9-13-17)19(18)16-10-6-4-7-11-16/h4-15,18H,1-3H3/t18-,23+/m1/s1. The average molecular weight is 314 g/mol. The van der Waals surface area contributed by atoms with Crippen molar-refractivity contribution in [1.82, 2.24) is 0 Å². The van der Waals surface area contributed by atoms with Crippen molar-refractivity contribution in [2.24, 2.45) is 16.7 Å². The molecule has 3 aliphatic carbocycles. The van der Waals surface area contributed by atoms with Gasteiger partial charge in [-0.15, -0.1) is 0 Å². The lowest BCUT2D eigenvalue weighted by molar-refractivity contribution is -0.134. The van der Waals surface area contributed by atoms with E-state index < -0.39 is 5.41 Å². The van der Waals surface area contributed by atoms with Crippen LogP contribution in [0, 0.1) is 16.7 Å². The number of hydrogen-bond acceptors (Lipinski definition) is 1. The first-order valence-electron chi connectivity index (χ1n) is 8.56. The van der Waals surface area contributed by atoms with Crippen molar-refractivity contribution in [3.05, 3.63) is 83.9 Å². The van der Waals surface area contributed by atoms with Gasteiger partial charge >= 0.3 is 0 Å². The molecule has 1 nitrogen and oxygen atoms in total. The van der Waals surface area contributed by atoms with Crippen LogP contribution in [0.5, 0.6) is 0 Å². The fraction of sp³-hybridized carbons (Fsp3) is 0.261. The Morgan fingerprint density at radius 2 is 1.33 bits per heavy atom.